The maximum atomic E-state index is 14.1. The Bertz CT molecular complexity index is 830. The molecule has 0 spiro atoms. The average Bonchev–Trinajstić information content (AvgIpc) is 2.82. The van der Waals surface area contributed by atoms with Crippen LogP contribution in [0.1, 0.15) is 31.8 Å². The van der Waals surface area contributed by atoms with Gasteiger partial charge in [0.2, 0.25) is 11.9 Å². The second-order valence-corrected chi connectivity index (χ2v) is 4.72. The van der Waals surface area contributed by atoms with Crippen molar-refractivity contribution < 1.29 is 27.2 Å². The van der Waals surface area contributed by atoms with E-state index in [0.717, 1.165) is 11.6 Å². The van der Waals surface area contributed by atoms with Crippen molar-refractivity contribution >= 4 is 17.8 Å². The fourth-order valence-electron chi connectivity index (χ4n) is 2.10. The number of amides is 2. The Morgan fingerprint density at radius 1 is 1.29 bits per heavy atom. The second-order valence-electron chi connectivity index (χ2n) is 4.72. The number of nitrogens with zero attached hydrogens (tertiary/aromatic N) is 4. The van der Waals surface area contributed by atoms with Crippen LogP contribution in [-0.4, -0.2) is 32.0 Å². The van der Waals surface area contributed by atoms with E-state index in [4.69, 9.17) is 5.73 Å². The minimum Gasteiger partial charge on any atom is -0.366 e. The molecule has 0 bridgehead atoms. The van der Waals surface area contributed by atoms with E-state index in [1.54, 1.807) is 0 Å². The highest BCUT2D eigenvalue weighted by Gasteiger charge is 2.38. The van der Waals surface area contributed by atoms with Gasteiger partial charge in [0, 0.05) is 7.05 Å². The molecule has 1 aromatic heterocycles. The molecule has 0 aliphatic heterocycles. The molecule has 0 aliphatic rings. The van der Waals surface area contributed by atoms with Gasteiger partial charge in [-0.25, -0.2) is 9.07 Å². The zero-order valence-corrected chi connectivity index (χ0v) is 12.3. The third-order valence-corrected chi connectivity index (χ3v) is 3.15. The molecule has 1 heterocycles. The summed E-state index contributed by atoms with van der Waals surface area (Å²) in [6.07, 6.45) is -5.02. The minimum atomic E-state index is -5.02. The van der Waals surface area contributed by atoms with Gasteiger partial charge in [0.05, 0.1) is 16.7 Å². The van der Waals surface area contributed by atoms with Crippen molar-refractivity contribution in [2.75, 3.05) is 5.32 Å². The van der Waals surface area contributed by atoms with E-state index in [-0.39, 0.29) is 12.0 Å². The fourth-order valence-corrected chi connectivity index (χ4v) is 2.10. The number of aryl methyl sites for hydroxylation is 1. The molecule has 0 fully saturated rings. The van der Waals surface area contributed by atoms with Crippen LogP contribution >= 0.6 is 0 Å². The summed E-state index contributed by atoms with van der Waals surface area (Å²) in [5.41, 5.74) is 1.12. The number of carbonyl (C=O) groups excluding carboxylic acids is 2. The topological polar surface area (TPSA) is 116 Å². The number of anilines is 1. The van der Waals surface area contributed by atoms with Gasteiger partial charge < -0.3 is 5.73 Å². The van der Waals surface area contributed by atoms with Gasteiger partial charge in [0.1, 0.15) is 5.82 Å². The highest BCUT2D eigenvalue weighted by molar-refractivity contribution is 6.07. The number of alkyl halides is 3. The number of benzene rings is 1. The molecule has 0 atom stereocenters. The molecule has 3 N–H and O–H groups in total. The van der Waals surface area contributed by atoms with Crippen LogP contribution in [0.3, 0.4) is 0 Å². The normalized spacial score (nSPS) is 11.4. The molecule has 0 saturated heterocycles. The van der Waals surface area contributed by atoms with Gasteiger partial charge in [0.15, 0.2) is 0 Å². The monoisotopic (exact) mass is 346 g/mol. The molecule has 0 unspecified atom stereocenters. The van der Waals surface area contributed by atoms with E-state index in [9.17, 15) is 27.2 Å². The first-order chi connectivity index (χ1) is 11.0. The van der Waals surface area contributed by atoms with Crippen LogP contribution in [-0.2, 0) is 13.2 Å². The van der Waals surface area contributed by atoms with Gasteiger partial charge in [-0.15, -0.1) is 0 Å². The van der Waals surface area contributed by atoms with Crippen molar-refractivity contribution in [1.29, 1.82) is 0 Å². The molecule has 1 aromatic carbocycles. The Kier molecular flexibility index (Phi) is 4.23. The first-order valence-electron chi connectivity index (χ1n) is 6.27. The first-order valence-corrected chi connectivity index (χ1v) is 6.27. The number of aromatic nitrogens is 4. The van der Waals surface area contributed by atoms with E-state index in [0.29, 0.717) is 0 Å². The molecular weight excluding hydrogens is 336 g/mol. The van der Waals surface area contributed by atoms with Crippen LogP contribution in [0.15, 0.2) is 6.07 Å². The number of primary amides is 1. The Balaban J connectivity index is 2.59. The summed E-state index contributed by atoms with van der Waals surface area (Å²) in [7, 11) is 1.38. The standard InChI is InChI=1S/C12H10F4N6O2/c1-4-7(9(17)23)5(12(14,15)16)3-6(13)8(4)10(24)18-11-19-20-21-22(11)2/h3H,1-2H3,(H2,17,23)(H,18,19,21,24). The Morgan fingerprint density at radius 2 is 1.92 bits per heavy atom. The number of nitrogens with two attached hydrogens (primary N) is 1. The van der Waals surface area contributed by atoms with Crippen molar-refractivity contribution in [2.45, 2.75) is 13.1 Å². The van der Waals surface area contributed by atoms with E-state index in [1.165, 1.54) is 7.05 Å². The van der Waals surface area contributed by atoms with Crippen LogP contribution in [0, 0.1) is 12.7 Å². The summed E-state index contributed by atoms with van der Waals surface area (Å²) < 4.78 is 54.0. The molecule has 24 heavy (non-hydrogen) atoms. The largest absolute Gasteiger partial charge is 0.417 e. The lowest BCUT2D eigenvalue weighted by atomic mass is 9.95. The number of hydrogen-bond acceptors (Lipinski definition) is 5. The smallest absolute Gasteiger partial charge is 0.366 e. The van der Waals surface area contributed by atoms with E-state index in [1.807, 2.05) is 0 Å². The van der Waals surface area contributed by atoms with Crippen molar-refractivity contribution in [3.05, 3.63) is 34.1 Å². The molecule has 0 aliphatic carbocycles. The van der Waals surface area contributed by atoms with Crippen molar-refractivity contribution in [1.82, 2.24) is 20.2 Å². The molecule has 2 rings (SSSR count). The van der Waals surface area contributed by atoms with Gasteiger partial charge in [0.25, 0.3) is 5.91 Å². The van der Waals surface area contributed by atoms with Gasteiger partial charge >= 0.3 is 6.18 Å². The SMILES string of the molecule is Cc1c(C(=O)Nc2nnnn2C)c(F)cc(C(F)(F)F)c1C(N)=O. The van der Waals surface area contributed by atoms with Gasteiger partial charge in [-0.3, -0.25) is 14.9 Å². The molecule has 2 amide bonds. The molecular formula is C12H10F4N6O2. The minimum absolute atomic E-state index is 0.0525. The number of rotatable bonds is 3. The Hall–Kier alpha value is -3.05. The maximum absolute atomic E-state index is 14.1. The van der Waals surface area contributed by atoms with E-state index in [2.05, 4.69) is 20.8 Å². The van der Waals surface area contributed by atoms with Crippen molar-refractivity contribution in [2.24, 2.45) is 12.8 Å². The average molecular weight is 346 g/mol. The Labute approximate surface area is 131 Å². The predicted molar refractivity (Wildman–Crippen MR) is 71.4 cm³/mol. The lowest BCUT2D eigenvalue weighted by molar-refractivity contribution is -0.138. The highest BCUT2D eigenvalue weighted by atomic mass is 19.4. The molecule has 0 radical (unpaired) electrons. The van der Waals surface area contributed by atoms with Crippen LogP contribution in [0.2, 0.25) is 0 Å². The van der Waals surface area contributed by atoms with Crippen LogP contribution in [0.4, 0.5) is 23.5 Å². The molecule has 12 heteroatoms. The fraction of sp³-hybridized carbons (Fsp3) is 0.250. The van der Waals surface area contributed by atoms with Crippen LogP contribution < -0.4 is 11.1 Å². The number of tetrazole rings is 1. The predicted octanol–water partition coefficient (Wildman–Crippen LogP) is 1.03. The first kappa shape index (κ1) is 17.3. The lowest BCUT2D eigenvalue weighted by Crippen LogP contribution is -2.25. The maximum Gasteiger partial charge on any atom is 0.417 e. The third kappa shape index (κ3) is 3.02. The van der Waals surface area contributed by atoms with E-state index < -0.39 is 46.1 Å². The highest BCUT2D eigenvalue weighted by Crippen LogP contribution is 2.35. The summed E-state index contributed by atoms with van der Waals surface area (Å²) in [4.78, 5) is 23.5. The molecule has 2 aromatic rings. The summed E-state index contributed by atoms with van der Waals surface area (Å²) >= 11 is 0. The molecule has 0 saturated carbocycles. The number of nitrogens with one attached hydrogen (secondary N) is 1. The summed E-state index contributed by atoms with van der Waals surface area (Å²) in [6.45, 7) is 0.988. The molecule has 8 nitrogen and oxygen atoms in total. The number of hydrogen-bond donors (Lipinski definition) is 2. The van der Waals surface area contributed by atoms with Crippen LogP contribution in [0.5, 0.6) is 0 Å². The number of carbonyl (C=O) groups is 2. The Morgan fingerprint density at radius 3 is 2.38 bits per heavy atom. The zero-order valence-electron chi connectivity index (χ0n) is 12.3. The zero-order chi connectivity index (χ0) is 18.2. The summed E-state index contributed by atoms with van der Waals surface area (Å²) in [5, 5.41) is 12.2. The van der Waals surface area contributed by atoms with Crippen molar-refractivity contribution in [3.63, 3.8) is 0 Å². The number of halogens is 4. The van der Waals surface area contributed by atoms with E-state index >= 15 is 0 Å². The van der Waals surface area contributed by atoms with Crippen LogP contribution in [0.25, 0.3) is 0 Å². The van der Waals surface area contributed by atoms with Gasteiger partial charge in [-0.05, 0) is 29.0 Å². The summed E-state index contributed by atoms with van der Waals surface area (Å²) in [6, 6.07) is 0.0525. The third-order valence-electron chi connectivity index (χ3n) is 3.15. The van der Waals surface area contributed by atoms with Crippen molar-refractivity contribution in [3.8, 4) is 0 Å². The quantitative estimate of drug-likeness (QED) is 0.805. The molecule has 128 valence electrons. The second kappa shape index (κ2) is 5.86. The summed E-state index contributed by atoms with van der Waals surface area (Å²) in [5.74, 6) is -4.19. The lowest BCUT2D eigenvalue weighted by Gasteiger charge is -2.16. The van der Waals surface area contributed by atoms with Gasteiger partial charge in [-0.1, -0.05) is 5.10 Å². The van der Waals surface area contributed by atoms with Gasteiger partial charge in [-0.2, -0.15) is 13.2 Å².